The first kappa shape index (κ1) is 16.2. The minimum atomic E-state index is -0.171. The van der Waals surface area contributed by atoms with E-state index in [-0.39, 0.29) is 5.91 Å². The summed E-state index contributed by atoms with van der Waals surface area (Å²) in [6, 6.07) is 1.71. The van der Waals surface area contributed by atoms with Crippen LogP contribution in [0, 0.1) is 5.92 Å². The number of rotatable bonds is 6. The molecule has 7 nitrogen and oxygen atoms in total. The Balaban J connectivity index is 1.95. The van der Waals surface area contributed by atoms with Crippen LogP contribution in [0.5, 0.6) is 0 Å². The number of hydrogen-bond donors (Lipinski definition) is 1. The van der Waals surface area contributed by atoms with Crippen LogP contribution in [0.1, 0.15) is 30.8 Å². The van der Waals surface area contributed by atoms with Crippen LogP contribution in [0.2, 0.25) is 0 Å². The van der Waals surface area contributed by atoms with Crippen molar-refractivity contribution in [3.8, 4) is 0 Å². The summed E-state index contributed by atoms with van der Waals surface area (Å²) in [6.45, 7) is 7.65. The maximum absolute atomic E-state index is 12.1. The number of amides is 2. The quantitative estimate of drug-likeness (QED) is 0.776. The van der Waals surface area contributed by atoms with Gasteiger partial charge in [0.1, 0.15) is 17.8 Å². The Morgan fingerprint density at radius 2 is 2.05 bits per heavy atom. The molecule has 2 amide bonds. The number of piperazine rings is 1. The molecule has 1 N–H and O–H groups in total. The average Bonchev–Trinajstić information content (AvgIpc) is 2.54. The second-order valence-electron chi connectivity index (χ2n) is 5.83. The number of hydrogen-bond acceptors (Lipinski definition) is 5. The van der Waals surface area contributed by atoms with Gasteiger partial charge in [0.25, 0.3) is 5.91 Å². The molecule has 0 spiro atoms. The van der Waals surface area contributed by atoms with Crippen molar-refractivity contribution in [3.05, 3.63) is 18.1 Å². The average molecular weight is 305 g/mol. The van der Waals surface area contributed by atoms with E-state index >= 15 is 0 Å². The number of anilines is 1. The van der Waals surface area contributed by atoms with E-state index in [1.165, 1.54) is 6.33 Å². The molecular formula is C15H23N5O2. The third-order valence-electron chi connectivity index (χ3n) is 3.68. The predicted octanol–water partition coefficient (Wildman–Crippen LogP) is 0.531. The molecule has 22 heavy (non-hydrogen) atoms. The highest BCUT2D eigenvalue weighted by molar-refractivity contribution is 5.92. The summed E-state index contributed by atoms with van der Waals surface area (Å²) in [5, 5.41) is 2.87. The second kappa shape index (κ2) is 7.72. The third-order valence-corrected chi connectivity index (χ3v) is 3.68. The minimum Gasteiger partial charge on any atom is -0.353 e. The van der Waals surface area contributed by atoms with Crippen molar-refractivity contribution in [3.63, 3.8) is 0 Å². The summed E-state index contributed by atoms with van der Waals surface area (Å²) >= 11 is 0. The molecular weight excluding hydrogens is 282 g/mol. The maximum atomic E-state index is 12.1. The van der Waals surface area contributed by atoms with Gasteiger partial charge in [-0.3, -0.25) is 9.59 Å². The van der Waals surface area contributed by atoms with Gasteiger partial charge in [0, 0.05) is 38.8 Å². The monoisotopic (exact) mass is 305 g/mol. The zero-order chi connectivity index (χ0) is 15.9. The van der Waals surface area contributed by atoms with Crippen molar-refractivity contribution in [2.75, 3.05) is 37.6 Å². The molecule has 1 saturated heterocycles. The van der Waals surface area contributed by atoms with Crippen LogP contribution < -0.4 is 10.2 Å². The summed E-state index contributed by atoms with van der Waals surface area (Å²) < 4.78 is 0. The lowest BCUT2D eigenvalue weighted by atomic mass is 10.1. The van der Waals surface area contributed by atoms with Crippen LogP contribution in [0.4, 0.5) is 5.82 Å². The van der Waals surface area contributed by atoms with Crippen LogP contribution in [-0.2, 0) is 4.79 Å². The SMILES string of the molecule is CC(C)CCNC(=O)c1cc(N2CCN(C=O)CC2)ncn1. The molecule has 2 heterocycles. The molecule has 120 valence electrons. The molecule has 2 rings (SSSR count). The van der Waals surface area contributed by atoms with Gasteiger partial charge in [-0.1, -0.05) is 13.8 Å². The Kier molecular flexibility index (Phi) is 5.68. The molecule has 1 fully saturated rings. The first-order valence-corrected chi connectivity index (χ1v) is 7.64. The van der Waals surface area contributed by atoms with Crippen LogP contribution in [0.25, 0.3) is 0 Å². The lowest BCUT2D eigenvalue weighted by Crippen LogP contribution is -2.46. The predicted molar refractivity (Wildman–Crippen MR) is 83.7 cm³/mol. The van der Waals surface area contributed by atoms with E-state index in [0.29, 0.717) is 44.3 Å². The van der Waals surface area contributed by atoms with Crippen molar-refractivity contribution in [1.82, 2.24) is 20.2 Å². The molecule has 0 radical (unpaired) electrons. The van der Waals surface area contributed by atoms with Crippen molar-refractivity contribution < 1.29 is 9.59 Å². The Morgan fingerprint density at radius 3 is 2.68 bits per heavy atom. The van der Waals surface area contributed by atoms with Crippen molar-refractivity contribution in [2.45, 2.75) is 20.3 Å². The summed E-state index contributed by atoms with van der Waals surface area (Å²) in [6.07, 6.45) is 3.22. The molecule has 1 aliphatic rings. The van der Waals surface area contributed by atoms with Gasteiger partial charge < -0.3 is 15.1 Å². The summed E-state index contributed by atoms with van der Waals surface area (Å²) in [7, 11) is 0. The Morgan fingerprint density at radius 1 is 1.32 bits per heavy atom. The minimum absolute atomic E-state index is 0.171. The van der Waals surface area contributed by atoms with Gasteiger partial charge in [0.2, 0.25) is 6.41 Å². The molecule has 1 aromatic rings. The van der Waals surface area contributed by atoms with Gasteiger partial charge in [-0.2, -0.15) is 0 Å². The third kappa shape index (κ3) is 4.41. The zero-order valence-corrected chi connectivity index (χ0v) is 13.2. The van der Waals surface area contributed by atoms with Crippen molar-refractivity contribution in [2.24, 2.45) is 5.92 Å². The molecule has 0 saturated carbocycles. The van der Waals surface area contributed by atoms with Gasteiger partial charge in [-0.15, -0.1) is 0 Å². The first-order chi connectivity index (χ1) is 10.6. The van der Waals surface area contributed by atoms with Gasteiger partial charge in [-0.25, -0.2) is 9.97 Å². The Hall–Kier alpha value is -2.18. The van der Waals surface area contributed by atoms with Gasteiger partial charge in [0.15, 0.2) is 0 Å². The highest BCUT2D eigenvalue weighted by atomic mass is 16.2. The highest BCUT2D eigenvalue weighted by Crippen LogP contribution is 2.13. The van der Waals surface area contributed by atoms with E-state index in [4.69, 9.17) is 0 Å². The Bertz CT molecular complexity index is 512. The van der Waals surface area contributed by atoms with Crippen LogP contribution in [0.3, 0.4) is 0 Å². The molecule has 1 aliphatic heterocycles. The summed E-state index contributed by atoms with van der Waals surface area (Å²) in [5.74, 6) is 1.11. The van der Waals surface area contributed by atoms with E-state index in [2.05, 4.69) is 34.0 Å². The largest absolute Gasteiger partial charge is 0.353 e. The number of aromatic nitrogens is 2. The Labute approximate surface area is 130 Å². The highest BCUT2D eigenvalue weighted by Gasteiger charge is 2.18. The molecule has 0 atom stereocenters. The molecule has 0 aliphatic carbocycles. The van der Waals surface area contributed by atoms with Crippen molar-refractivity contribution >= 4 is 18.1 Å². The number of carbonyl (C=O) groups is 2. The number of nitrogens with one attached hydrogen (secondary N) is 1. The number of nitrogens with zero attached hydrogens (tertiary/aromatic N) is 4. The lowest BCUT2D eigenvalue weighted by molar-refractivity contribution is -0.118. The van der Waals surface area contributed by atoms with E-state index in [0.717, 1.165) is 18.6 Å². The molecule has 1 aromatic heterocycles. The fourth-order valence-electron chi connectivity index (χ4n) is 2.27. The van der Waals surface area contributed by atoms with Crippen LogP contribution >= 0.6 is 0 Å². The first-order valence-electron chi connectivity index (χ1n) is 7.64. The smallest absolute Gasteiger partial charge is 0.270 e. The topological polar surface area (TPSA) is 78.4 Å². The molecule has 0 unspecified atom stereocenters. The van der Waals surface area contributed by atoms with Gasteiger partial charge in [-0.05, 0) is 12.3 Å². The lowest BCUT2D eigenvalue weighted by Gasteiger charge is -2.33. The molecule has 0 bridgehead atoms. The fraction of sp³-hybridized carbons (Fsp3) is 0.600. The summed E-state index contributed by atoms with van der Waals surface area (Å²) in [5.41, 5.74) is 0.381. The van der Waals surface area contributed by atoms with E-state index < -0.39 is 0 Å². The van der Waals surface area contributed by atoms with E-state index in [1.807, 2.05) is 0 Å². The fourth-order valence-corrected chi connectivity index (χ4v) is 2.27. The molecule has 0 aromatic carbocycles. The summed E-state index contributed by atoms with van der Waals surface area (Å²) in [4.78, 5) is 34.9. The van der Waals surface area contributed by atoms with E-state index in [1.54, 1.807) is 11.0 Å². The van der Waals surface area contributed by atoms with Gasteiger partial charge in [0.05, 0.1) is 0 Å². The number of carbonyl (C=O) groups excluding carboxylic acids is 2. The van der Waals surface area contributed by atoms with Crippen LogP contribution in [-0.4, -0.2) is 59.9 Å². The second-order valence-corrected chi connectivity index (χ2v) is 5.83. The van der Waals surface area contributed by atoms with Gasteiger partial charge >= 0.3 is 0 Å². The molecule has 7 heteroatoms. The maximum Gasteiger partial charge on any atom is 0.270 e. The standard InChI is InChI=1S/C15H23N5O2/c1-12(2)3-4-16-15(22)13-9-14(18-10-17-13)20-7-5-19(11-21)6-8-20/h9-12H,3-8H2,1-2H3,(H,16,22). The van der Waals surface area contributed by atoms with E-state index in [9.17, 15) is 9.59 Å². The zero-order valence-electron chi connectivity index (χ0n) is 13.2. The normalized spacial score (nSPS) is 15.0. The van der Waals surface area contributed by atoms with Crippen LogP contribution in [0.15, 0.2) is 12.4 Å². The van der Waals surface area contributed by atoms with Crippen molar-refractivity contribution in [1.29, 1.82) is 0 Å².